The monoisotopic (exact) mass is 132 g/mol. The summed E-state index contributed by atoms with van der Waals surface area (Å²) in [6.07, 6.45) is 0. The van der Waals surface area contributed by atoms with Gasteiger partial charge < -0.3 is 9.38 Å². The zero-order valence-corrected chi connectivity index (χ0v) is 7.36. The number of likely N-dealkylation sites (N-methyl/N-ethyl adjacent to an activating group) is 2. The van der Waals surface area contributed by atoms with E-state index in [4.69, 9.17) is 0 Å². The molecule has 0 aliphatic carbocycles. The van der Waals surface area contributed by atoms with Crippen molar-refractivity contribution < 1.29 is 9.38 Å². The molecule has 0 aromatic carbocycles. The Morgan fingerprint density at radius 3 is 1.67 bits per heavy atom. The molecule has 0 saturated heterocycles. The molecular formula is C7H20N2+2. The zero-order chi connectivity index (χ0) is 7.49. The van der Waals surface area contributed by atoms with Crippen LogP contribution >= 0.6 is 0 Å². The van der Waals surface area contributed by atoms with E-state index in [0.717, 1.165) is 4.48 Å². The fourth-order valence-electron chi connectivity index (χ4n) is 0.559. The van der Waals surface area contributed by atoms with Crippen molar-refractivity contribution in [1.82, 2.24) is 0 Å². The van der Waals surface area contributed by atoms with Crippen molar-refractivity contribution in [3.8, 4) is 0 Å². The quantitative estimate of drug-likeness (QED) is 0.462. The van der Waals surface area contributed by atoms with Gasteiger partial charge in [0.2, 0.25) is 0 Å². The van der Waals surface area contributed by atoms with E-state index in [0.29, 0.717) is 0 Å². The van der Waals surface area contributed by atoms with Gasteiger partial charge in [0, 0.05) is 0 Å². The van der Waals surface area contributed by atoms with Crippen LogP contribution in [0, 0.1) is 0 Å². The first-order chi connectivity index (χ1) is 3.92. The molecule has 0 aromatic heterocycles. The average Bonchev–Trinajstić information content (AvgIpc) is 1.59. The van der Waals surface area contributed by atoms with E-state index in [1.165, 1.54) is 18.0 Å². The molecular weight excluding hydrogens is 112 g/mol. The van der Waals surface area contributed by atoms with Crippen molar-refractivity contribution in [3.63, 3.8) is 0 Å². The van der Waals surface area contributed by atoms with Crippen LogP contribution in [-0.4, -0.2) is 52.8 Å². The van der Waals surface area contributed by atoms with Crippen LogP contribution in [0.5, 0.6) is 0 Å². The molecule has 0 atom stereocenters. The molecule has 1 N–H and O–H groups in total. The van der Waals surface area contributed by atoms with Gasteiger partial charge in [0.05, 0.1) is 35.2 Å². The Morgan fingerprint density at radius 2 is 1.56 bits per heavy atom. The molecule has 0 bridgehead atoms. The van der Waals surface area contributed by atoms with E-state index in [9.17, 15) is 0 Å². The summed E-state index contributed by atoms with van der Waals surface area (Å²) in [4.78, 5) is 1.53. The number of rotatable bonds is 3. The van der Waals surface area contributed by atoms with Gasteiger partial charge in [-0.15, -0.1) is 0 Å². The Morgan fingerprint density at radius 1 is 1.11 bits per heavy atom. The van der Waals surface area contributed by atoms with Gasteiger partial charge >= 0.3 is 0 Å². The Bertz CT molecular complexity index is 71.5. The van der Waals surface area contributed by atoms with Crippen molar-refractivity contribution in [3.05, 3.63) is 0 Å². The minimum atomic E-state index is 1.07. The van der Waals surface area contributed by atoms with Crippen molar-refractivity contribution in [1.29, 1.82) is 0 Å². The molecule has 0 spiro atoms. The zero-order valence-electron chi connectivity index (χ0n) is 7.36. The predicted molar refractivity (Wildman–Crippen MR) is 40.6 cm³/mol. The van der Waals surface area contributed by atoms with Gasteiger partial charge in [0.1, 0.15) is 13.1 Å². The maximum atomic E-state index is 2.23. The average molecular weight is 132 g/mol. The second kappa shape index (κ2) is 3.18. The highest BCUT2D eigenvalue weighted by atomic mass is 15.3. The van der Waals surface area contributed by atoms with E-state index in [1.54, 1.807) is 0 Å². The molecule has 0 saturated carbocycles. The van der Waals surface area contributed by atoms with Crippen molar-refractivity contribution >= 4 is 0 Å². The van der Waals surface area contributed by atoms with Gasteiger partial charge in [-0.1, -0.05) is 0 Å². The summed E-state index contributed by atoms with van der Waals surface area (Å²) in [5.74, 6) is 0. The van der Waals surface area contributed by atoms with E-state index < -0.39 is 0 Å². The molecule has 0 aromatic rings. The first-order valence-electron chi connectivity index (χ1n) is 3.51. The van der Waals surface area contributed by atoms with Crippen LogP contribution in [0.15, 0.2) is 0 Å². The smallest absolute Gasteiger partial charge is 0.128 e. The molecule has 0 rings (SSSR count). The summed E-state index contributed by atoms with van der Waals surface area (Å²) in [5, 5.41) is 0. The largest absolute Gasteiger partial charge is 0.335 e. The van der Waals surface area contributed by atoms with Crippen molar-refractivity contribution in [2.75, 3.05) is 48.3 Å². The van der Waals surface area contributed by atoms with Crippen LogP contribution in [0.4, 0.5) is 0 Å². The fourth-order valence-corrected chi connectivity index (χ4v) is 0.559. The fraction of sp³-hybridized carbons (Fsp3) is 1.00. The SMILES string of the molecule is C[NH+](C)CC[N+](C)(C)C. The van der Waals surface area contributed by atoms with E-state index >= 15 is 0 Å². The topological polar surface area (TPSA) is 4.44 Å². The highest BCUT2D eigenvalue weighted by Gasteiger charge is 2.07. The highest BCUT2D eigenvalue weighted by Crippen LogP contribution is 1.83. The molecule has 9 heavy (non-hydrogen) atoms. The summed E-state index contributed by atoms with van der Waals surface area (Å²) < 4.78 is 1.07. The minimum Gasteiger partial charge on any atom is -0.335 e. The predicted octanol–water partition coefficient (Wildman–Crippen LogP) is -1.16. The molecule has 56 valence electrons. The minimum absolute atomic E-state index is 1.07. The van der Waals surface area contributed by atoms with Crippen LogP contribution in [0.25, 0.3) is 0 Å². The second-order valence-corrected chi connectivity index (χ2v) is 3.97. The lowest BCUT2D eigenvalue weighted by Gasteiger charge is -2.23. The lowest BCUT2D eigenvalue weighted by Crippen LogP contribution is -3.06. The lowest BCUT2D eigenvalue weighted by atomic mass is 10.5. The third kappa shape index (κ3) is 7.92. The Balaban J connectivity index is 3.28. The number of quaternary nitrogens is 2. The number of nitrogens with zero attached hydrogens (tertiary/aromatic N) is 1. The van der Waals surface area contributed by atoms with E-state index in [-0.39, 0.29) is 0 Å². The molecule has 0 fully saturated rings. The highest BCUT2D eigenvalue weighted by molar-refractivity contribution is 4.21. The molecule has 0 amide bonds. The molecule has 2 heteroatoms. The maximum absolute atomic E-state index is 2.23. The molecule has 0 aliphatic rings. The molecule has 0 heterocycles. The third-order valence-corrected chi connectivity index (χ3v) is 1.28. The molecule has 0 aliphatic heterocycles. The summed E-state index contributed by atoms with van der Waals surface area (Å²) in [5.41, 5.74) is 0. The third-order valence-electron chi connectivity index (χ3n) is 1.28. The Hall–Kier alpha value is -0.0800. The summed E-state index contributed by atoms with van der Waals surface area (Å²) in [7, 11) is 11.1. The van der Waals surface area contributed by atoms with E-state index in [1.807, 2.05) is 0 Å². The maximum Gasteiger partial charge on any atom is 0.128 e. The van der Waals surface area contributed by atoms with Crippen LogP contribution in [-0.2, 0) is 0 Å². The van der Waals surface area contributed by atoms with E-state index in [2.05, 4.69) is 35.2 Å². The van der Waals surface area contributed by atoms with Crippen molar-refractivity contribution in [2.24, 2.45) is 0 Å². The Kier molecular flexibility index (Phi) is 3.15. The van der Waals surface area contributed by atoms with Gasteiger partial charge in [0.25, 0.3) is 0 Å². The molecule has 0 unspecified atom stereocenters. The van der Waals surface area contributed by atoms with Gasteiger partial charge in [-0.3, -0.25) is 0 Å². The number of nitrogens with one attached hydrogen (secondary N) is 1. The van der Waals surface area contributed by atoms with Crippen LogP contribution in [0.1, 0.15) is 0 Å². The number of hydrogen-bond donors (Lipinski definition) is 1. The Labute approximate surface area is 58.7 Å². The summed E-state index contributed by atoms with van der Waals surface area (Å²) in [6, 6.07) is 0. The summed E-state index contributed by atoms with van der Waals surface area (Å²) in [6.45, 7) is 2.51. The van der Waals surface area contributed by atoms with Gasteiger partial charge in [0.15, 0.2) is 0 Å². The van der Waals surface area contributed by atoms with Crippen LogP contribution in [0.3, 0.4) is 0 Å². The molecule has 0 radical (unpaired) electrons. The first kappa shape index (κ1) is 8.92. The van der Waals surface area contributed by atoms with Gasteiger partial charge in [-0.05, 0) is 0 Å². The van der Waals surface area contributed by atoms with Crippen LogP contribution < -0.4 is 4.90 Å². The number of hydrogen-bond acceptors (Lipinski definition) is 0. The second-order valence-electron chi connectivity index (χ2n) is 3.97. The standard InChI is InChI=1S/C7H19N2/c1-8(2)6-7-9(3,4)5/h6-7H2,1-5H3/q+1/p+1. The molecule has 2 nitrogen and oxygen atoms in total. The normalized spacial score (nSPS) is 12.7. The van der Waals surface area contributed by atoms with Gasteiger partial charge in [-0.2, -0.15) is 0 Å². The lowest BCUT2D eigenvalue weighted by molar-refractivity contribution is -0.923. The van der Waals surface area contributed by atoms with Gasteiger partial charge in [-0.25, -0.2) is 0 Å². The first-order valence-corrected chi connectivity index (χ1v) is 3.51. The van der Waals surface area contributed by atoms with Crippen LogP contribution in [0.2, 0.25) is 0 Å². The van der Waals surface area contributed by atoms with Crippen molar-refractivity contribution in [2.45, 2.75) is 0 Å². The summed E-state index contributed by atoms with van der Waals surface area (Å²) >= 11 is 0.